The molecule has 3 rings (SSSR count). The first-order chi connectivity index (χ1) is 16.1. The molecular weight excluding hydrogens is 458 g/mol. The zero-order chi connectivity index (χ0) is 25.0. The fourth-order valence-corrected chi connectivity index (χ4v) is 6.49. The highest BCUT2D eigenvalue weighted by Crippen LogP contribution is 2.33. The van der Waals surface area contributed by atoms with Crippen molar-refractivity contribution in [3.05, 3.63) is 41.2 Å². The molecule has 1 saturated heterocycles. The van der Waals surface area contributed by atoms with E-state index in [1.54, 1.807) is 56.7 Å². The van der Waals surface area contributed by atoms with E-state index >= 15 is 0 Å². The number of amides is 1. The Hall–Kier alpha value is -2.85. The number of methoxy groups -OCH3 is 1. The van der Waals surface area contributed by atoms with Crippen LogP contribution < -0.4 is 10.1 Å². The van der Waals surface area contributed by atoms with Gasteiger partial charge in [0.05, 0.1) is 19.6 Å². The Bertz CT molecular complexity index is 1150. The first-order valence-corrected chi connectivity index (χ1v) is 12.9. The third-order valence-electron chi connectivity index (χ3n) is 6.23. The average Bonchev–Trinajstić information content (AvgIpc) is 3.09. The molecule has 0 radical (unpaired) electrons. The van der Waals surface area contributed by atoms with Gasteiger partial charge in [-0.2, -0.15) is 4.31 Å². The van der Waals surface area contributed by atoms with E-state index in [1.165, 1.54) is 4.31 Å². The van der Waals surface area contributed by atoms with Crippen LogP contribution in [0.5, 0.6) is 5.75 Å². The number of anilines is 1. The average molecular weight is 492 g/mol. The van der Waals surface area contributed by atoms with Gasteiger partial charge < -0.3 is 19.4 Å². The van der Waals surface area contributed by atoms with Gasteiger partial charge in [-0.05, 0) is 64.8 Å². The molecule has 0 saturated carbocycles. The number of piperidine rings is 1. The third-order valence-corrected chi connectivity index (χ3v) is 8.26. The monoisotopic (exact) mass is 491 g/mol. The smallest absolute Gasteiger partial charge is 0.341 e. The van der Waals surface area contributed by atoms with Gasteiger partial charge in [-0.1, -0.05) is 0 Å². The molecule has 1 amide bonds. The van der Waals surface area contributed by atoms with E-state index in [0.717, 1.165) is 0 Å². The van der Waals surface area contributed by atoms with Crippen LogP contribution in [-0.2, 0) is 26.1 Å². The van der Waals surface area contributed by atoms with E-state index in [0.29, 0.717) is 42.2 Å². The van der Waals surface area contributed by atoms with Crippen molar-refractivity contribution in [3.63, 3.8) is 0 Å². The van der Waals surface area contributed by atoms with Gasteiger partial charge in [0.1, 0.15) is 16.2 Å². The second-order valence-electron chi connectivity index (χ2n) is 8.26. The number of hydrogen-bond donors (Lipinski definition) is 1. The van der Waals surface area contributed by atoms with Crippen molar-refractivity contribution in [2.24, 2.45) is 5.92 Å². The molecule has 1 aromatic carbocycles. The van der Waals surface area contributed by atoms with Crippen molar-refractivity contribution in [1.82, 2.24) is 8.87 Å². The van der Waals surface area contributed by atoms with Crippen LogP contribution in [0.3, 0.4) is 0 Å². The van der Waals surface area contributed by atoms with Gasteiger partial charge in [-0.25, -0.2) is 13.2 Å². The fraction of sp³-hybridized carbons (Fsp3) is 0.500. The summed E-state index contributed by atoms with van der Waals surface area (Å²) in [5.74, 6) is -0.726. The zero-order valence-electron chi connectivity index (χ0n) is 20.4. The number of carbonyl (C=O) groups is 2. The summed E-state index contributed by atoms with van der Waals surface area (Å²) >= 11 is 0. The highest BCUT2D eigenvalue weighted by atomic mass is 32.2. The molecule has 0 bridgehead atoms. The van der Waals surface area contributed by atoms with Crippen LogP contribution in [0.4, 0.5) is 5.69 Å². The molecular formula is C24H33N3O6S. The van der Waals surface area contributed by atoms with Crippen molar-refractivity contribution in [2.75, 3.05) is 32.1 Å². The second kappa shape index (κ2) is 10.6. The number of nitrogens with zero attached hydrogens (tertiary/aromatic N) is 2. The van der Waals surface area contributed by atoms with Gasteiger partial charge in [0.2, 0.25) is 15.9 Å². The molecule has 1 N–H and O–H groups in total. The Kier molecular flexibility index (Phi) is 8.04. The van der Waals surface area contributed by atoms with Crippen LogP contribution >= 0.6 is 0 Å². The number of carbonyl (C=O) groups excluding carboxylic acids is 2. The summed E-state index contributed by atoms with van der Waals surface area (Å²) in [4.78, 5) is 25.6. The Morgan fingerprint density at radius 1 is 1.12 bits per heavy atom. The molecule has 1 aliphatic heterocycles. The van der Waals surface area contributed by atoms with Gasteiger partial charge in [-0.3, -0.25) is 4.79 Å². The summed E-state index contributed by atoms with van der Waals surface area (Å²) in [6.07, 6.45) is 1.12. The van der Waals surface area contributed by atoms with E-state index in [2.05, 4.69) is 5.32 Å². The number of sulfonamides is 1. The summed E-state index contributed by atoms with van der Waals surface area (Å²) in [7, 11) is -2.47. The lowest BCUT2D eigenvalue weighted by Gasteiger charge is -2.31. The standard InChI is InChI=1S/C24H33N3O6S/c1-6-27-16(3)21(24(29)33-7-2)22(17(27)4)34(30,31)26-14-8-9-18(15-26)23(28)25-19-10-12-20(32-5)13-11-19/h10-13,18H,6-9,14-15H2,1-5H3,(H,25,28)/t18-/m0/s1. The number of nitrogens with one attached hydrogen (secondary N) is 1. The maximum Gasteiger partial charge on any atom is 0.341 e. The molecule has 1 aromatic heterocycles. The van der Waals surface area contributed by atoms with Crippen LogP contribution in [0.15, 0.2) is 29.2 Å². The number of benzene rings is 1. The largest absolute Gasteiger partial charge is 0.497 e. The van der Waals surface area contributed by atoms with Gasteiger partial charge in [-0.15, -0.1) is 0 Å². The fourth-order valence-electron chi connectivity index (χ4n) is 4.51. The lowest BCUT2D eigenvalue weighted by Crippen LogP contribution is -2.44. The molecule has 0 spiro atoms. The van der Waals surface area contributed by atoms with Gasteiger partial charge in [0.25, 0.3) is 0 Å². The number of aromatic nitrogens is 1. The number of ether oxygens (including phenoxy) is 2. The van der Waals surface area contributed by atoms with Crippen LogP contribution in [0.2, 0.25) is 0 Å². The van der Waals surface area contributed by atoms with Crippen LogP contribution in [0, 0.1) is 19.8 Å². The molecule has 186 valence electrons. The number of esters is 1. The lowest BCUT2D eigenvalue weighted by molar-refractivity contribution is -0.120. The molecule has 9 nitrogen and oxygen atoms in total. The normalized spacial score (nSPS) is 16.8. The summed E-state index contributed by atoms with van der Waals surface area (Å²) in [5.41, 5.74) is 1.74. The quantitative estimate of drug-likeness (QED) is 0.568. The summed E-state index contributed by atoms with van der Waals surface area (Å²) in [6.45, 7) is 7.99. The first-order valence-electron chi connectivity index (χ1n) is 11.5. The molecule has 0 unspecified atom stereocenters. The third kappa shape index (κ3) is 4.97. The SMILES string of the molecule is CCOC(=O)c1c(S(=O)(=O)N2CCC[C@H](C(=O)Nc3ccc(OC)cc3)C2)c(C)n(CC)c1C. The molecule has 1 atom stereocenters. The lowest BCUT2D eigenvalue weighted by atomic mass is 9.99. The Morgan fingerprint density at radius 2 is 1.79 bits per heavy atom. The van der Waals surface area contributed by atoms with Gasteiger partial charge in [0, 0.05) is 36.7 Å². The zero-order valence-corrected chi connectivity index (χ0v) is 21.2. The van der Waals surface area contributed by atoms with Crippen LogP contribution in [-0.4, -0.2) is 56.0 Å². The first kappa shape index (κ1) is 25.8. The molecule has 1 fully saturated rings. The van der Waals surface area contributed by atoms with Crippen molar-refractivity contribution >= 4 is 27.6 Å². The molecule has 2 aromatic rings. The highest BCUT2D eigenvalue weighted by molar-refractivity contribution is 7.89. The van der Waals surface area contributed by atoms with Gasteiger partial charge in [0.15, 0.2) is 0 Å². The topological polar surface area (TPSA) is 107 Å². The highest BCUT2D eigenvalue weighted by Gasteiger charge is 2.39. The van der Waals surface area contributed by atoms with Crippen molar-refractivity contribution in [1.29, 1.82) is 0 Å². The minimum atomic E-state index is -4.03. The van der Waals surface area contributed by atoms with Crippen molar-refractivity contribution in [3.8, 4) is 5.75 Å². The number of hydrogen-bond acceptors (Lipinski definition) is 6. The van der Waals surface area contributed by atoms with Crippen LogP contribution in [0.1, 0.15) is 48.4 Å². The summed E-state index contributed by atoms with van der Waals surface area (Å²) in [5, 5.41) is 2.86. The van der Waals surface area contributed by atoms with E-state index in [9.17, 15) is 18.0 Å². The van der Waals surface area contributed by atoms with E-state index in [1.807, 2.05) is 6.92 Å². The predicted octanol–water partition coefficient (Wildman–Crippen LogP) is 3.35. The molecule has 10 heteroatoms. The minimum absolute atomic E-state index is 0.0264. The molecule has 1 aliphatic rings. The predicted molar refractivity (Wildman–Crippen MR) is 129 cm³/mol. The summed E-state index contributed by atoms with van der Waals surface area (Å²) in [6, 6.07) is 6.96. The Labute approximate surface area is 201 Å². The Balaban J connectivity index is 1.88. The summed E-state index contributed by atoms with van der Waals surface area (Å²) < 4.78 is 41.0. The molecule has 34 heavy (non-hydrogen) atoms. The maximum atomic E-state index is 13.8. The van der Waals surface area contributed by atoms with Crippen molar-refractivity contribution in [2.45, 2.75) is 52.0 Å². The van der Waals surface area contributed by atoms with E-state index in [-0.39, 0.29) is 36.1 Å². The molecule has 0 aliphatic carbocycles. The van der Waals surface area contributed by atoms with E-state index in [4.69, 9.17) is 9.47 Å². The Morgan fingerprint density at radius 3 is 2.38 bits per heavy atom. The second-order valence-corrected chi connectivity index (χ2v) is 10.1. The van der Waals surface area contributed by atoms with Crippen molar-refractivity contribution < 1.29 is 27.5 Å². The number of rotatable bonds is 8. The van der Waals surface area contributed by atoms with Crippen LogP contribution in [0.25, 0.3) is 0 Å². The maximum absolute atomic E-state index is 13.8. The molecule has 2 heterocycles. The minimum Gasteiger partial charge on any atom is -0.497 e. The van der Waals surface area contributed by atoms with Gasteiger partial charge >= 0.3 is 5.97 Å². The van der Waals surface area contributed by atoms with E-state index < -0.39 is 21.9 Å².